The fraction of sp³-hybridized carbons (Fsp3) is 0.348. The number of benzene rings is 2. The van der Waals surface area contributed by atoms with Gasteiger partial charge in [0, 0.05) is 24.2 Å². The number of carbonyl (C=O) groups excluding carboxylic acids is 3. The molecular weight excluding hydrogens is 449 g/mol. The number of halogens is 1. The van der Waals surface area contributed by atoms with Crippen LogP contribution in [0.1, 0.15) is 36.7 Å². The van der Waals surface area contributed by atoms with Gasteiger partial charge in [-0.1, -0.05) is 30.3 Å². The summed E-state index contributed by atoms with van der Waals surface area (Å²) in [5, 5.41) is 2.62. The molecule has 0 heterocycles. The van der Waals surface area contributed by atoms with E-state index >= 15 is 0 Å². The Kier molecular flexibility index (Phi) is 8.69. The molecule has 0 spiro atoms. The van der Waals surface area contributed by atoms with E-state index in [1.165, 1.54) is 56.3 Å². The molecule has 2 amide bonds. The molecule has 0 aliphatic rings. The van der Waals surface area contributed by atoms with Crippen LogP contribution in [0.15, 0.2) is 48.5 Å². The summed E-state index contributed by atoms with van der Waals surface area (Å²) < 4.78 is 40.2. The van der Waals surface area contributed by atoms with Crippen LogP contribution in [0.4, 0.5) is 10.1 Å². The predicted octanol–water partition coefficient (Wildman–Crippen LogP) is 2.35. The minimum atomic E-state index is -3.93. The number of carbonyl (C=O) groups is 3. The normalized spacial score (nSPS) is 12.0. The maximum Gasteiger partial charge on any atom is 0.244 e. The van der Waals surface area contributed by atoms with Crippen molar-refractivity contribution < 1.29 is 27.2 Å². The molecule has 0 bridgehead atoms. The van der Waals surface area contributed by atoms with Gasteiger partial charge in [-0.05, 0) is 39.0 Å². The molecule has 0 fully saturated rings. The van der Waals surface area contributed by atoms with Crippen molar-refractivity contribution in [3.63, 3.8) is 0 Å². The summed E-state index contributed by atoms with van der Waals surface area (Å²) in [5.74, 6) is -1.96. The minimum Gasteiger partial charge on any atom is -0.355 e. The summed E-state index contributed by atoms with van der Waals surface area (Å²) in [6.45, 7) is 4.04. The fourth-order valence-corrected chi connectivity index (χ4v) is 4.05. The zero-order valence-corrected chi connectivity index (χ0v) is 19.9. The molecule has 33 heavy (non-hydrogen) atoms. The van der Waals surface area contributed by atoms with E-state index in [0.29, 0.717) is 6.54 Å². The lowest BCUT2D eigenvalue weighted by Crippen LogP contribution is -2.51. The number of Topliss-reactive ketones (excluding diaryl/α,β-unsaturated/α-hetero) is 1. The smallest absolute Gasteiger partial charge is 0.244 e. The van der Waals surface area contributed by atoms with Gasteiger partial charge in [-0.2, -0.15) is 0 Å². The predicted molar refractivity (Wildman–Crippen MR) is 124 cm³/mol. The van der Waals surface area contributed by atoms with Crippen LogP contribution in [0.3, 0.4) is 0 Å². The molecule has 2 aromatic carbocycles. The molecule has 1 N–H and O–H groups in total. The SMILES string of the molecule is CCNC(=O)[C@H](C)N(Cc1ccccc1F)C(=O)CN(c1cccc(C(C)=O)c1)S(C)(=O)=O. The third-order valence-electron chi connectivity index (χ3n) is 5.04. The second kappa shape index (κ2) is 11.0. The third kappa shape index (κ3) is 6.85. The van der Waals surface area contributed by atoms with Crippen molar-refractivity contribution in [2.45, 2.75) is 33.4 Å². The number of rotatable bonds is 10. The molecule has 0 saturated carbocycles. The van der Waals surface area contributed by atoms with Crippen LogP contribution in [0.2, 0.25) is 0 Å². The summed E-state index contributed by atoms with van der Waals surface area (Å²) in [6.07, 6.45) is 0.940. The molecule has 2 rings (SSSR count). The summed E-state index contributed by atoms with van der Waals surface area (Å²) in [7, 11) is -3.93. The van der Waals surface area contributed by atoms with Crippen LogP contribution in [0.5, 0.6) is 0 Å². The van der Waals surface area contributed by atoms with Crippen molar-refractivity contribution in [2.75, 3.05) is 23.7 Å². The van der Waals surface area contributed by atoms with Gasteiger partial charge >= 0.3 is 0 Å². The number of hydrogen-bond donors (Lipinski definition) is 1. The van der Waals surface area contributed by atoms with Gasteiger partial charge in [0.25, 0.3) is 0 Å². The van der Waals surface area contributed by atoms with Gasteiger partial charge in [0.15, 0.2) is 5.78 Å². The van der Waals surface area contributed by atoms with Gasteiger partial charge in [0.05, 0.1) is 11.9 Å². The van der Waals surface area contributed by atoms with Gasteiger partial charge in [-0.15, -0.1) is 0 Å². The van der Waals surface area contributed by atoms with Crippen molar-refractivity contribution >= 4 is 33.3 Å². The van der Waals surface area contributed by atoms with Gasteiger partial charge in [0.1, 0.15) is 18.4 Å². The summed E-state index contributed by atoms with van der Waals surface area (Å²) in [5.41, 5.74) is 0.606. The molecule has 8 nitrogen and oxygen atoms in total. The van der Waals surface area contributed by atoms with E-state index in [4.69, 9.17) is 0 Å². The zero-order valence-electron chi connectivity index (χ0n) is 19.0. The number of nitrogens with one attached hydrogen (secondary N) is 1. The van der Waals surface area contributed by atoms with Crippen molar-refractivity contribution in [3.05, 3.63) is 65.5 Å². The lowest BCUT2D eigenvalue weighted by molar-refractivity contribution is -0.139. The fourth-order valence-electron chi connectivity index (χ4n) is 3.21. The Morgan fingerprint density at radius 1 is 1.09 bits per heavy atom. The van der Waals surface area contributed by atoms with Gasteiger partial charge in [-0.3, -0.25) is 18.7 Å². The Hall–Kier alpha value is -3.27. The number of ketones is 1. The molecule has 0 aromatic heterocycles. The maximum absolute atomic E-state index is 14.3. The first kappa shape index (κ1) is 26.0. The number of amides is 2. The highest BCUT2D eigenvalue weighted by atomic mass is 32.2. The monoisotopic (exact) mass is 477 g/mol. The standard InChI is InChI=1S/C23H28FN3O5S/c1-5-25-23(30)16(2)26(14-19-9-6-7-12-21(19)24)22(29)15-27(33(4,31)32)20-11-8-10-18(13-20)17(3)28/h6-13,16H,5,14-15H2,1-4H3,(H,25,30)/t16-/m0/s1. The zero-order chi connectivity index (χ0) is 24.8. The Labute approximate surface area is 193 Å². The lowest BCUT2D eigenvalue weighted by atomic mass is 10.1. The molecule has 178 valence electrons. The van der Waals surface area contributed by atoms with Crippen LogP contribution in [0.25, 0.3) is 0 Å². The number of sulfonamides is 1. The third-order valence-corrected chi connectivity index (χ3v) is 6.18. The molecule has 10 heteroatoms. The Bertz CT molecular complexity index is 1140. The Morgan fingerprint density at radius 2 is 1.76 bits per heavy atom. The highest BCUT2D eigenvalue weighted by Gasteiger charge is 2.30. The quantitative estimate of drug-likeness (QED) is 0.529. The summed E-state index contributed by atoms with van der Waals surface area (Å²) in [6, 6.07) is 10.8. The Balaban J connectivity index is 2.44. The highest BCUT2D eigenvalue weighted by molar-refractivity contribution is 7.92. The summed E-state index contributed by atoms with van der Waals surface area (Å²) >= 11 is 0. The van der Waals surface area contributed by atoms with E-state index in [1.807, 2.05) is 0 Å². The average Bonchev–Trinajstić information content (AvgIpc) is 2.75. The van der Waals surface area contributed by atoms with E-state index in [1.54, 1.807) is 13.0 Å². The maximum atomic E-state index is 14.3. The Morgan fingerprint density at radius 3 is 2.33 bits per heavy atom. The summed E-state index contributed by atoms with van der Waals surface area (Å²) in [4.78, 5) is 38.7. The first-order valence-corrected chi connectivity index (χ1v) is 12.2. The number of anilines is 1. The second-order valence-corrected chi connectivity index (χ2v) is 9.47. The van der Waals surface area contributed by atoms with Crippen LogP contribution >= 0.6 is 0 Å². The van der Waals surface area contributed by atoms with E-state index in [0.717, 1.165) is 15.5 Å². The molecule has 0 aliphatic carbocycles. The van der Waals surface area contributed by atoms with Crippen LogP contribution in [-0.4, -0.2) is 56.3 Å². The first-order chi connectivity index (χ1) is 15.5. The van der Waals surface area contributed by atoms with Crippen molar-refractivity contribution in [2.24, 2.45) is 0 Å². The van der Waals surface area contributed by atoms with Crippen LogP contribution in [-0.2, 0) is 26.2 Å². The minimum absolute atomic E-state index is 0.134. The molecule has 0 aliphatic heterocycles. The van der Waals surface area contributed by atoms with E-state index in [9.17, 15) is 27.2 Å². The van der Waals surface area contributed by atoms with Gasteiger partial charge in [0.2, 0.25) is 21.8 Å². The molecule has 0 radical (unpaired) electrons. The van der Waals surface area contributed by atoms with Gasteiger partial charge in [-0.25, -0.2) is 12.8 Å². The van der Waals surface area contributed by atoms with E-state index < -0.39 is 40.2 Å². The first-order valence-electron chi connectivity index (χ1n) is 10.3. The molecule has 1 atom stereocenters. The largest absolute Gasteiger partial charge is 0.355 e. The van der Waals surface area contributed by atoms with E-state index in [2.05, 4.69) is 5.32 Å². The number of hydrogen-bond acceptors (Lipinski definition) is 5. The van der Waals surface area contributed by atoms with E-state index in [-0.39, 0.29) is 29.1 Å². The highest BCUT2D eigenvalue weighted by Crippen LogP contribution is 2.21. The average molecular weight is 478 g/mol. The number of nitrogens with zero attached hydrogens (tertiary/aromatic N) is 2. The second-order valence-electron chi connectivity index (χ2n) is 7.56. The molecule has 0 unspecified atom stereocenters. The van der Waals surface area contributed by atoms with Gasteiger partial charge < -0.3 is 10.2 Å². The van der Waals surface area contributed by atoms with Crippen molar-refractivity contribution in [1.82, 2.24) is 10.2 Å². The van der Waals surface area contributed by atoms with Crippen LogP contribution in [0, 0.1) is 5.82 Å². The molecule has 2 aromatic rings. The lowest BCUT2D eigenvalue weighted by Gasteiger charge is -2.31. The van der Waals surface area contributed by atoms with Crippen LogP contribution < -0.4 is 9.62 Å². The topological polar surface area (TPSA) is 104 Å². The van der Waals surface area contributed by atoms with Crippen molar-refractivity contribution in [3.8, 4) is 0 Å². The van der Waals surface area contributed by atoms with Crippen molar-refractivity contribution in [1.29, 1.82) is 0 Å². The number of likely N-dealkylation sites (N-methyl/N-ethyl adjacent to an activating group) is 1. The molecule has 0 saturated heterocycles. The molecular formula is C23H28FN3O5S.